The lowest BCUT2D eigenvalue weighted by atomic mass is 10.1. The minimum Gasteiger partial charge on any atom is -0.374 e. The summed E-state index contributed by atoms with van der Waals surface area (Å²) in [7, 11) is 0. The smallest absolute Gasteiger partial charge is 0.251 e. The lowest BCUT2D eigenvalue weighted by Crippen LogP contribution is -2.37. The summed E-state index contributed by atoms with van der Waals surface area (Å²) in [6.45, 7) is 2.85. The van der Waals surface area contributed by atoms with Gasteiger partial charge in [-0.25, -0.2) is 4.39 Å². The number of rotatable bonds is 9. The van der Waals surface area contributed by atoms with Crippen molar-refractivity contribution < 1.29 is 18.7 Å². The molecule has 26 heavy (non-hydrogen) atoms. The molecule has 6 heteroatoms. The molecule has 5 nitrogen and oxygen atoms in total. The summed E-state index contributed by atoms with van der Waals surface area (Å²) >= 11 is 0. The average Bonchev–Trinajstić information content (AvgIpc) is 2.67. The molecular weight excluding hydrogens is 335 g/mol. The van der Waals surface area contributed by atoms with E-state index in [-0.39, 0.29) is 18.6 Å². The van der Waals surface area contributed by atoms with Crippen LogP contribution in [0.25, 0.3) is 0 Å². The van der Waals surface area contributed by atoms with Crippen molar-refractivity contribution in [2.75, 3.05) is 19.7 Å². The van der Waals surface area contributed by atoms with Crippen LogP contribution in [0, 0.1) is 5.82 Å². The lowest BCUT2D eigenvalue weighted by molar-refractivity contribution is -0.120. The lowest BCUT2D eigenvalue weighted by Gasteiger charge is -2.13. The molecule has 0 spiro atoms. The zero-order valence-corrected chi connectivity index (χ0v) is 14.7. The van der Waals surface area contributed by atoms with Crippen molar-refractivity contribution >= 4 is 11.8 Å². The van der Waals surface area contributed by atoms with Crippen molar-refractivity contribution in [3.8, 4) is 0 Å². The Labute approximate surface area is 152 Å². The van der Waals surface area contributed by atoms with E-state index in [9.17, 15) is 14.0 Å². The van der Waals surface area contributed by atoms with E-state index in [4.69, 9.17) is 4.74 Å². The Kier molecular flexibility index (Phi) is 7.76. The maximum absolute atomic E-state index is 12.8. The number of hydrogen-bond acceptors (Lipinski definition) is 3. The first-order valence-electron chi connectivity index (χ1n) is 8.53. The van der Waals surface area contributed by atoms with Crippen LogP contribution >= 0.6 is 0 Å². The van der Waals surface area contributed by atoms with E-state index in [0.717, 1.165) is 5.56 Å². The number of nitrogens with one attached hydrogen (secondary N) is 2. The summed E-state index contributed by atoms with van der Waals surface area (Å²) < 4.78 is 18.5. The predicted octanol–water partition coefficient (Wildman–Crippen LogP) is 2.84. The summed E-state index contributed by atoms with van der Waals surface area (Å²) in [6, 6.07) is 15.1. The number of benzene rings is 2. The molecule has 2 rings (SSSR count). The monoisotopic (exact) mass is 358 g/mol. The van der Waals surface area contributed by atoms with Crippen LogP contribution in [-0.2, 0) is 9.53 Å². The van der Waals surface area contributed by atoms with Gasteiger partial charge in [0, 0.05) is 18.7 Å². The van der Waals surface area contributed by atoms with Crippen LogP contribution in [0.3, 0.4) is 0 Å². The summed E-state index contributed by atoms with van der Waals surface area (Å²) in [5.41, 5.74) is 1.42. The van der Waals surface area contributed by atoms with Crippen molar-refractivity contribution in [1.29, 1.82) is 0 Å². The molecule has 0 fully saturated rings. The molecule has 138 valence electrons. The number of ether oxygens (including phenoxy) is 1. The Morgan fingerprint density at radius 2 is 1.73 bits per heavy atom. The number of halogens is 1. The Morgan fingerprint density at radius 1 is 1.04 bits per heavy atom. The van der Waals surface area contributed by atoms with Gasteiger partial charge in [0.05, 0.1) is 12.6 Å². The van der Waals surface area contributed by atoms with Gasteiger partial charge in [0.1, 0.15) is 5.82 Å². The first kappa shape index (κ1) is 19.6. The maximum Gasteiger partial charge on any atom is 0.251 e. The fourth-order valence-electron chi connectivity index (χ4n) is 2.31. The van der Waals surface area contributed by atoms with E-state index in [1.165, 1.54) is 24.3 Å². The van der Waals surface area contributed by atoms with Crippen molar-refractivity contribution in [2.24, 2.45) is 0 Å². The van der Waals surface area contributed by atoms with Crippen molar-refractivity contribution in [3.63, 3.8) is 0 Å². The molecule has 0 saturated carbocycles. The third kappa shape index (κ3) is 6.64. The largest absolute Gasteiger partial charge is 0.374 e. The van der Waals surface area contributed by atoms with Gasteiger partial charge in [-0.15, -0.1) is 0 Å². The molecule has 0 aliphatic rings. The van der Waals surface area contributed by atoms with Gasteiger partial charge in [0.15, 0.2) is 0 Å². The van der Waals surface area contributed by atoms with E-state index in [0.29, 0.717) is 25.1 Å². The van der Waals surface area contributed by atoms with Gasteiger partial charge >= 0.3 is 0 Å². The standard InChI is InChI=1S/C20H23FN2O3/c1-15(16-6-3-2-4-7-16)26-13-5-12-22-19(24)14-23-20(25)17-8-10-18(21)11-9-17/h2-4,6-11,15H,5,12-14H2,1H3,(H,22,24)(H,23,25). The van der Waals surface area contributed by atoms with Crippen LogP contribution in [0.4, 0.5) is 4.39 Å². The normalized spacial score (nSPS) is 11.6. The average molecular weight is 358 g/mol. The number of carbonyl (C=O) groups excluding carboxylic acids is 2. The molecule has 1 unspecified atom stereocenters. The van der Waals surface area contributed by atoms with Gasteiger partial charge in [-0.2, -0.15) is 0 Å². The van der Waals surface area contributed by atoms with Crippen LogP contribution < -0.4 is 10.6 Å². The third-order valence-electron chi connectivity index (χ3n) is 3.80. The molecule has 2 aromatic rings. The molecule has 0 radical (unpaired) electrons. The van der Waals surface area contributed by atoms with Crippen LogP contribution in [0.2, 0.25) is 0 Å². The van der Waals surface area contributed by atoms with Gasteiger partial charge in [0.2, 0.25) is 5.91 Å². The number of amides is 2. The van der Waals surface area contributed by atoms with Crippen LogP contribution in [0.15, 0.2) is 54.6 Å². The molecule has 2 N–H and O–H groups in total. The predicted molar refractivity (Wildman–Crippen MR) is 97.2 cm³/mol. The van der Waals surface area contributed by atoms with Crippen LogP contribution in [0.5, 0.6) is 0 Å². The van der Waals surface area contributed by atoms with Crippen LogP contribution in [0.1, 0.15) is 35.4 Å². The van der Waals surface area contributed by atoms with Crippen LogP contribution in [-0.4, -0.2) is 31.5 Å². The second kappa shape index (κ2) is 10.3. The van der Waals surface area contributed by atoms with Gasteiger partial charge < -0.3 is 15.4 Å². The molecule has 0 saturated heterocycles. The van der Waals surface area contributed by atoms with E-state index in [1.807, 2.05) is 37.3 Å². The fourth-order valence-corrected chi connectivity index (χ4v) is 2.31. The van der Waals surface area contributed by atoms with Crippen molar-refractivity contribution in [1.82, 2.24) is 10.6 Å². The number of hydrogen-bond donors (Lipinski definition) is 2. The van der Waals surface area contributed by atoms with Crippen molar-refractivity contribution in [2.45, 2.75) is 19.4 Å². The molecule has 1 atom stereocenters. The second-order valence-corrected chi connectivity index (χ2v) is 5.82. The molecule has 2 amide bonds. The van der Waals surface area contributed by atoms with Gasteiger partial charge in [-0.05, 0) is 43.2 Å². The molecule has 0 bridgehead atoms. The van der Waals surface area contributed by atoms with Gasteiger partial charge in [-0.1, -0.05) is 30.3 Å². The fraction of sp³-hybridized carbons (Fsp3) is 0.300. The summed E-state index contributed by atoms with van der Waals surface area (Å²) in [4.78, 5) is 23.5. The Hall–Kier alpha value is -2.73. The zero-order chi connectivity index (χ0) is 18.8. The quantitative estimate of drug-likeness (QED) is 0.678. The Bertz CT molecular complexity index is 705. The highest BCUT2D eigenvalue weighted by Crippen LogP contribution is 2.15. The molecule has 0 aromatic heterocycles. The first-order valence-corrected chi connectivity index (χ1v) is 8.53. The van der Waals surface area contributed by atoms with Gasteiger partial charge in [0.25, 0.3) is 5.91 Å². The SMILES string of the molecule is CC(OCCCNC(=O)CNC(=O)c1ccc(F)cc1)c1ccccc1. The van der Waals surface area contributed by atoms with Gasteiger partial charge in [-0.3, -0.25) is 9.59 Å². The van der Waals surface area contributed by atoms with E-state index in [2.05, 4.69) is 10.6 Å². The second-order valence-electron chi connectivity index (χ2n) is 5.82. The minimum absolute atomic E-state index is 0.00176. The summed E-state index contributed by atoms with van der Waals surface area (Å²) in [5, 5.41) is 5.21. The zero-order valence-electron chi connectivity index (χ0n) is 14.7. The Morgan fingerprint density at radius 3 is 2.42 bits per heavy atom. The van der Waals surface area contributed by atoms with E-state index < -0.39 is 11.7 Å². The topological polar surface area (TPSA) is 67.4 Å². The molecule has 0 aliphatic carbocycles. The summed E-state index contributed by atoms with van der Waals surface area (Å²) in [5.74, 6) is -1.11. The molecule has 0 heterocycles. The highest BCUT2D eigenvalue weighted by molar-refractivity contribution is 5.96. The third-order valence-corrected chi connectivity index (χ3v) is 3.80. The van der Waals surface area contributed by atoms with Crippen molar-refractivity contribution in [3.05, 3.63) is 71.5 Å². The minimum atomic E-state index is -0.417. The van der Waals surface area contributed by atoms with E-state index >= 15 is 0 Å². The molecule has 0 aliphatic heterocycles. The van der Waals surface area contributed by atoms with E-state index in [1.54, 1.807) is 0 Å². The highest BCUT2D eigenvalue weighted by atomic mass is 19.1. The maximum atomic E-state index is 12.8. The first-order chi connectivity index (χ1) is 12.6. The highest BCUT2D eigenvalue weighted by Gasteiger charge is 2.08. The summed E-state index contributed by atoms with van der Waals surface area (Å²) in [6.07, 6.45) is 0.677. The number of carbonyl (C=O) groups is 2. The molecular formula is C20H23FN2O3. The molecule has 2 aromatic carbocycles. The Balaban J connectivity index is 1.57.